The highest BCUT2D eigenvalue weighted by Gasteiger charge is 2.24. The molecule has 1 aliphatic heterocycles. The largest absolute Gasteiger partial charge is 0.339 e. The molecule has 0 fully saturated rings. The van der Waals surface area contributed by atoms with Crippen molar-refractivity contribution in [1.82, 2.24) is 4.90 Å². The van der Waals surface area contributed by atoms with Crippen LogP contribution in [0.2, 0.25) is 0 Å². The Bertz CT molecular complexity index is 604. The molecule has 0 saturated heterocycles. The van der Waals surface area contributed by atoms with E-state index < -0.39 is 6.52 Å². The second-order valence-electron chi connectivity index (χ2n) is 4.48. The summed E-state index contributed by atoms with van der Waals surface area (Å²) in [6, 6.07) is 18.1. The number of nitrogens with zero attached hydrogens (tertiary/aromatic N) is 1. The summed E-state index contributed by atoms with van der Waals surface area (Å²) >= 11 is 1.74. The summed E-state index contributed by atoms with van der Waals surface area (Å²) in [7, 11) is 0. The van der Waals surface area contributed by atoms with Crippen LogP contribution in [0.15, 0.2) is 59.5 Å². The van der Waals surface area contributed by atoms with Crippen molar-refractivity contribution >= 4 is 18.2 Å². The third kappa shape index (κ3) is 2.66. The van der Waals surface area contributed by atoms with Crippen molar-refractivity contribution < 1.29 is 6.17 Å². The van der Waals surface area contributed by atoms with E-state index in [9.17, 15) is 4.79 Å². The summed E-state index contributed by atoms with van der Waals surface area (Å²) in [6.45, 7) is -0.00912. The van der Waals surface area contributed by atoms with Gasteiger partial charge >= 0.3 is 0 Å². The lowest BCUT2D eigenvalue weighted by Crippen LogP contribution is -2.31. The van der Waals surface area contributed by atoms with Crippen LogP contribution < -0.4 is 0 Å². The van der Waals surface area contributed by atoms with Crippen LogP contribution in [0.1, 0.15) is 17.7 Å². The Morgan fingerprint density at radius 1 is 1.16 bits per heavy atom. The fourth-order valence-corrected chi connectivity index (χ4v) is 3.51. The van der Waals surface area contributed by atoms with Gasteiger partial charge in [0.2, 0.25) is 6.41 Å². The van der Waals surface area contributed by atoms with Crippen molar-refractivity contribution in [2.24, 2.45) is 0 Å². The highest BCUT2D eigenvalue weighted by Crippen LogP contribution is 2.39. The number of thioether (sulfide) groups is 1. The molecule has 0 bridgehead atoms. The Labute approximate surface area is 118 Å². The van der Waals surface area contributed by atoms with Crippen LogP contribution in [-0.4, -0.2) is 17.9 Å². The molecule has 1 aliphatic rings. The Morgan fingerprint density at radius 2 is 1.89 bits per heavy atom. The number of hydrogen-bond acceptors (Lipinski definition) is 2. The van der Waals surface area contributed by atoms with Crippen LogP contribution in [0.25, 0.3) is 0 Å². The zero-order chi connectivity index (χ0) is 13.9. The molecule has 0 aromatic heterocycles. The number of rotatable bonds is 3. The molecule has 96 valence electrons. The molecule has 3 heteroatoms. The minimum atomic E-state index is -0.587. The SMILES string of the molecule is [2H]C1c2ccccc2C(Sc2ccccc2)CN1C=O. The lowest BCUT2D eigenvalue weighted by Gasteiger charge is -2.32. The normalized spacial score (nSPS) is 22.5. The van der Waals surface area contributed by atoms with Crippen molar-refractivity contribution in [3.63, 3.8) is 0 Å². The van der Waals surface area contributed by atoms with E-state index in [1.54, 1.807) is 16.7 Å². The zero-order valence-electron chi connectivity index (χ0n) is 11.4. The molecule has 2 aromatic rings. The van der Waals surface area contributed by atoms with Gasteiger partial charge in [0.1, 0.15) is 0 Å². The standard InChI is InChI=1S/C16H15NOS/c18-12-17-10-13-6-4-5-9-15(13)16(11-17)19-14-7-2-1-3-8-14/h1-9,12,16H,10-11H2/i10D. The fraction of sp³-hybridized carbons (Fsp3) is 0.188. The first kappa shape index (κ1) is 11.1. The van der Waals surface area contributed by atoms with Crippen molar-refractivity contribution in [3.05, 3.63) is 65.7 Å². The molecule has 0 saturated carbocycles. The van der Waals surface area contributed by atoms with Gasteiger partial charge in [-0.25, -0.2) is 0 Å². The predicted molar refractivity (Wildman–Crippen MR) is 78.0 cm³/mol. The molecule has 0 aliphatic carbocycles. The van der Waals surface area contributed by atoms with Gasteiger partial charge in [-0.3, -0.25) is 4.79 Å². The van der Waals surface area contributed by atoms with Gasteiger partial charge < -0.3 is 4.90 Å². The first-order chi connectivity index (χ1) is 9.79. The first-order valence-electron chi connectivity index (χ1n) is 6.81. The maximum atomic E-state index is 11.2. The number of hydrogen-bond donors (Lipinski definition) is 0. The molecule has 2 unspecified atom stereocenters. The highest BCUT2D eigenvalue weighted by atomic mass is 32.2. The molecule has 2 nitrogen and oxygen atoms in total. The third-order valence-corrected chi connectivity index (χ3v) is 4.41. The summed E-state index contributed by atoms with van der Waals surface area (Å²) in [5.74, 6) is 0. The van der Waals surface area contributed by atoms with Gasteiger partial charge in [-0.2, -0.15) is 0 Å². The maximum Gasteiger partial charge on any atom is 0.210 e. The molecule has 2 atom stereocenters. The summed E-state index contributed by atoms with van der Waals surface area (Å²) in [6.07, 6.45) is 0.784. The first-order valence-corrected chi connectivity index (χ1v) is 7.11. The Hall–Kier alpha value is -1.74. The van der Waals surface area contributed by atoms with E-state index in [-0.39, 0.29) is 5.25 Å². The van der Waals surface area contributed by atoms with Crippen LogP contribution in [0, 0.1) is 0 Å². The van der Waals surface area contributed by atoms with Gasteiger partial charge in [0.15, 0.2) is 0 Å². The second-order valence-corrected chi connectivity index (χ2v) is 5.76. The summed E-state index contributed by atoms with van der Waals surface area (Å²) in [5.41, 5.74) is 2.10. The average Bonchev–Trinajstić information content (AvgIpc) is 2.51. The number of carbonyl (C=O) groups is 1. The van der Waals surface area contributed by atoms with Gasteiger partial charge in [0, 0.05) is 18.0 Å². The van der Waals surface area contributed by atoms with E-state index in [0.29, 0.717) is 6.54 Å². The Balaban J connectivity index is 1.94. The fourth-order valence-electron chi connectivity index (χ4n) is 2.28. The van der Waals surface area contributed by atoms with Gasteiger partial charge in [-0.1, -0.05) is 42.5 Å². The van der Waals surface area contributed by atoms with Crippen LogP contribution in [0.5, 0.6) is 0 Å². The molecule has 19 heavy (non-hydrogen) atoms. The van der Waals surface area contributed by atoms with E-state index in [0.717, 1.165) is 12.0 Å². The van der Waals surface area contributed by atoms with E-state index >= 15 is 0 Å². The zero-order valence-corrected chi connectivity index (χ0v) is 11.2. The van der Waals surface area contributed by atoms with Gasteiger partial charge in [0.25, 0.3) is 0 Å². The predicted octanol–water partition coefficient (Wildman–Crippen LogP) is 3.49. The van der Waals surface area contributed by atoms with E-state index in [1.165, 1.54) is 10.5 Å². The molecular weight excluding hydrogens is 254 g/mol. The number of benzene rings is 2. The monoisotopic (exact) mass is 270 g/mol. The van der Waals surface area contributed by atoms with Gasteiger partial charge in [0.05, 0.1) is 6.62 Å². The second kappa shape index (κ2) is 5.49. The minimum Gasteiger partial charge on any atom is -0.339 e. The average molecular weight is 270 g/mol. The summed E-state index contributed by atoms with van der Waals surface area (Å²) in [5, 5.41) is 0.181. The van der Waals surface area contributed by atoms with Crippen LogP contribution in [-0.2, 0) is 11.3 Å². The minimum absolute atomic E-state index is 0.181. The lowest BCUT2D eigenvalue weighted by molar-refractivity contribution is -0.118. The summed E-state index contributed by atoms with van der Waals surface area (Å²) in [4.78, 5) is 13.9. The van der Waals surface area contributed by atoms with Crippen molar-refractivity contribution in [3.8, 4) is 0 Å². The number of fused-ring (bicyclic) bond motifs is 1. The Kier molecular flexibility index (Phi) is 3.21. The van der Waals surface area contributed by atoms with E-state index in [1.807, 2.05) is 36.4 Å². The molecule has 0 spiro atoms. The Morgan fingerprint density at radius 3 is 2.68 bits per heavy atom. The van der Waals surface area contributed by atoms with Crippen LogP contribution in [0.4, 0.5) is 0 Å². The quantitative estimate of drug-likeness (QED) is 0.796. The molecule has 2 aromatic carbocycles. The summed E-state index contributed by atoms with van der Waals surface area (Å²) < 4.78 is 8.17. The van der Waals surface area contributed by atoms with Crippen molar-refractivity contribution in [2.75, 3.05) is 6.54 Å². The molecule has 0 N–H and O–H groups in total. The molecule has 1 amide bonds. The van der Waals surface area contributed by atoms with Crippen molar-refractivity contribution in [2.45, 2.75) is 16.7 Å². The molecular formula is C16H15NOS. The van der Waals surface area contributed by atoms with Gasteiger partial charge in [-0.05, 0) is 23.3 Å². The molecule has 0 radical (unpaired) electrons. The van der Waals surface area contributed by atoms with E-state index in [4.69, 9.17) is 1.37 Å². The van der Waals surface area contributed by atoms with Crippen LogP contribution >= 0.6 is 11.8 Å². The van der Waals surface area contributed by atoms with Crippen molar-refractivity contribution in [1.29, 1.82) is 0 Å². The van der Waals surface area contributed by atoms with Gasteiger partial charge in [-0.15, -0.1) is 11.8 Å². The topological polar surface area (TPSA) is 20.3 Å². The number of amides is 1. The van der Waals surface area contributed by atoms with E-state index in [2.05, 4.69) is 18.2 Å². The number of carbonyl (C=O) groups excluding carboxylic acids is 1. The van der Waals surface area contributed by atoms with Crippen LogP contribution in [0.3, 0.4) is 0 Å². The smallest absolute Gasteiger partial charge is 0.210 e. The molecule has 3 rings (SSSR count). The molecule has 1 heterocycles. The highest BCUT2D eigenvalue weighted by molar-refractivity contribution is 7.99. The maximum absolute atomic E-state index is 11.2. The third-order valence-electron chi connectivity index (χ3n) is 3.18. The lowest BCUT2D eigenvalue weighted by atomic mass is 10.00.